The van der Waals surface area contributed by atoms with Crippen LogP contribution in [0.2, 0.25) is 0 Å². The number of piperidine rings is 1. The predicted molar refractivity (Wildman–Crippen MR) is 117 cm³/mol. The maximum atomic E-state index is 13.2. The number of carbonyl (C=O) groups is 2. The summed E-state index contributed by atoms with van der Waals surface area (Å²) < 4.78 is 5.94. The van der Waals surface area contributed by atoms with Crippen LogP contribution in [0.1, 0.15) is 54.7 Å². The summed E-state index contributed by atoms with van der Waals surface area (Å²) in [7, 11) is 0. The van der Waals surface area contributed by atoms with E-state index in [1.165, 1.54) is 5.56 Å². The largest absolute Gasteiger partial charge is 0.491 e. The Morgan fingerprint density at radius 3 is 2.58 bits per heavy atom. The normalized spacial score (nSPS) is 19.7. The van der Waals surface area contributed by atoms with Crippen molar-refractivity contribution in [3.05, 3.63) is 54.1 Å². The van der Waals surface area contributed by atoms with Gasteiger partial charge in [0.15, 0.2) is 0 Å². The molecular formula is C24H30N4O3. The molecule has 7 nitrogen and oxygen atoms in total. The molecule has 2 aromatic rings. The number of para-hydroxylation sites is 1. The number of rotatable bonds is 1. The molecule has 1 fully saturated rings. The van der Waals surface area contributed by atoms with Crippen LogP contribution in [0.3, 0.4) is 0 Å². The van der Waals surface area contributed by atoms with Crippen LogP contribution < -0.4 is 10.1 Å². The van der Waals surface area contributed by atoms with Crippen molar-refractivity contribution in [2.24, 2.45) is 5.41 Å². The van der Waals surface area contributed by atoms with Gasteiger partial charge in [-0.2, -0.15) is 0 Å². The van der Waals surface area contributed by atoms with E-state index in [4.69, 9.17) is 4.74 Å². The van der Waals surface area contributed by atoms with Crippen LogP contribution in [-0.4, -0.2) is 52.9 Å². The first-order valence-electron chi connectivity index (χ1n) is 11.2. The number of hydrogen-bond donors (Lipinski definition) is 1. The van der Waals surface area contributed by atoms with Gasteiger partial charge < -0.3 is 15.0 Å². The molecule has 31 heavy (non-hydrogen) atoms. The molecule has 2 amide bonds. The highest BCUT2D eigenvalue weighted by molar-refractivity contribution is 5.91. The zero-order valence-electron chi connectivity index (χ0n) is 17.9. The summed E-state index contributed by atoms with van der Waals surface area (Å²) in [6, 6.07) is 9.86. The number of aryl methyl sites for hydroxylation is 1. The molecule has 1 spiro atoms. The van der Waals surface area contributed by atoms with E-state index in [1.54, 1.807) is 23.4 Å². The van der Waals surface area contributed by atoms with Crippen molar-refractivity contribution in [2.45, 2.75) is 44.9 Å². The average molecular weight is 423 g/mol. The lowest BCUT2D eigenvalue weighted by molar-refractivity contribution is -0.134. The summed E-state index contributed by atoms with van der Waals surface area (Å²) in [5.74, 6) is 1.06. The number of fused-ring (bicyclic) bond motifs is 1. The standard InChI is InChI=1S/C24H30N4O3/c29-22(21-25-13-6-14-26-21)28-16-11-24(12-17-28)10-5-1-2-7-19-8-3-4-9-20(19)31-18-15-27-23(24)30/h3-4,6,8-9,13-14H,1-2,5,7,10-12,15-18H2,(H,27,30). The lowest BCUT2D eigenvalue weighted by atomic mass is 9.73. The second-order valence-corrected chi connectivity index (χ2v) is 8.42. The second kappa shape index (κ2) is 9.90. The monoisotopic (exact) mass is 422 g/mol. The van der Waals surface area contributed by atoms with E-state index >= 15 is 0 Å². The highest BCUT2D eigenvalue weighted by Crippen LogP contribution is 2.38. The molecule has 1 aromatic carbocycles. The fourth-order valence-electron chi connectivity index (χ4n) is 4.60. The topological polar surface area (TPSA) is 84.4 Å². The third-order valence-corrected chi connectivity index (χ3v) is 6.47. The van der Waals surface area contributed by atoms with Crippen LogP contribution in [-0.2, 0) is 11.2 Å². The Hall–Kier alpha value is -2.96. The molecule has 3 heterocycles. The molecule has 0 radical (unpaired) electrons. The van der Waals surface area contributed by atoms with E-state index in [1.807, 2.05) is 18.2 Å². The van der Waals surface area contributed by atoms with E-state index in [-0.39, 0.29) is 17.6 Å². The molecule has 0 aliphatic carbocycles. The number of nitrogens with one attached hydrogen (secondary N) is 1. The average Bonchev–Trinajstić information content (AvgIpc) is 2.83. The van der Waals surface area contributed by atoms with Gasteiger partial charge in [-0.05, 0) is 49.8 Å². The lowest BCUT2D eigenvalue weighted by Crippen LogP contribution is -2.51. The minimum absolute atomic E-state index is 0.0895. The van der Waals surface area contributed by atoms with Gasteiger partial charge in [-0.3, -0.25) is 9.59 Å². The third kappa shape index (κ3) is 5.03. The van der Waals surface area contributed by atoms with Gasteiger partial charge in [-0.15, -0.1) is 0 Å². The van der Waals surface area contributed by atoms with Crippen LogP contribution in [0, 0.1) is 5.41 Å². The Labute approximate surface area is 183 Å². The molecule has 0 bridgehead atoms. The van der Waals surface area contributed by atoms with Crippen LogP contribution in [0.5, 0.6) is 5.75 Å². The van der Waals surface area contributed by atoms with Crippen molar-refractivity contribution < 1.29 is 14.3 Å². The minimum Gasteiger partial charge on any atom is -0.491 e. The summed E-state index contributed by atoms with van der Waals surface area (Å²) in [5, 5.41) is 3.10. The van der Waals surface area contributed by atoms with Gasteiger partial charge in [0.2, 0.25) is 11.7 Å². The summed E-state index contributed by atoms with van der Waals surface area (Å²) >= 11 is 0. The maximum absolute atomic E-state index is 13.2. The first-order chi connectivity index (χ1) is 15.2. The number of likely N-dealkylation sites (tertiary alicyclic amines) is 1. The number of aromatic nitrogens is 2. The summed E-state index contributed by atoms with van der Waals surface area (Å²) in [5.41, 5.74) is 0.813. The van der Waals surface area contributed by atoms with Crippen LogP contribution in [0.25, 0.3) is 0 Å². The quantitative estimate of drug-likeness (QED) is 0.764. The molecule has 2 aliphatic rings. The van der Waals surface area contributed by atoms with Gasteiger partial charge in [-0.25, -0.2) is 9.97 Å². The molecule has 1 saturated heterocycles. The third-order valence-electron chi connectivity index (χ3n) is 6.47. The maximum Gasteiger partial charge on any atom is 0.291 e. The van der Waals surface area contributed by atoms with Gasteiger partial charge >= 0.3 is 0 Å². The Kier molecular flexibility index (Phi) is 6.79. The first-order valence-corrected chi connectivity index (χ1v) is 11.2. The molecule has 4 rings (SSSR count). The van der Waals surface area contributed by atoms with E-state index in [2.05, 4.69) is 21.4 Å². The van der Waals surface area contributed by atoms with Gasteiger partial charge in [0.1, 0.15) is 12.4 Å². The van der Waals surface area contributed by atoms with E-state index in [0.29, 0.717) is 39.1 Å². The van der Waals surface area contributed by atoms with Crippen LogP contribution in [0.15, 0.2) is 42.7 Å². The van der Waals surface area contributed by atoms with Crippen molar-refractivity contribution in [2.75, 3.05) is 26.2 Å². The van der Waals surface area contributed by atoms with Crippen molar-refractivity contribution in [1.82, 2.24) is 20.2 Å². The highest BCUT2D eigenvalue weighted by Gasteiger charge is 2.42. The fourth-order valence-corrected chi connectivity index (χ4v) is 4.60. The summed E-state index contributed by atoms with van der Waals surface area (Å²) in [4.78, 5) is 35.8. The Morgan fingerprint density at radius 1 is 1.00 bits per heavy atom. The molecule has 164 valence electrons. The molecule has 0 saturated carbocycles. The molecule has 7 heteroatoms. The number of nitrogens with zero attached hydrogens (tertiary/aromatic N) is 3. The molecule has 0 unspecified atom stereocenters. The number of ether oxygens (including phenoxy) is 1. The van der Waals surface area contributed by atoms with Gasteiger partial charge in [0.25, 0.3) is 5.91 Å². The molecule has 2 aliphatic heterocycles. The number of hydrogen-bond acceptors (Lipinski definition) is 5. The summed E-state index contributed by atoms with van der Waals surface area (Å²) in [6.07, 6.45) is 9.49. The number of carbonyl (C=O) groups excluding carboxylic acids is 2. The van der Waals surface area contributed by atoms with Gasteiger partial charge in [0.05, 0.1) is 12.0 Å². The van der Waals surface area contributed by atoms with E-state index < -0.39 is 5.41 Å². The minimum atomic E-state index is -0.421. The van der Waals surface area contributed by atoms with E-state index in [9.17, 15) is 9.59 Å². The molecule has 1 aromatic heterocycles. The van der Waals surface area contributed by atoms with Gasteiger partial charge in [-0.1, -0.05) is 31.0 Å². The smallest absolute Gasteiger partial charge is 0.291 e. The molecular weight excluding hydrogens is 392 g/mol. The van der Waals surface area contributed by atoms with E-state index in [0.717, 1.165) is 37.9 Å². The second-order valence-electron chi connectivity index (χ2n) is 8.42. The fraction of sp³-hybridized carbons (Fsp3) is 0.500. The molecule has 0 atom stereocenters. The zero-order chi connectivity index (χ0) is 21.5. The molecule has 1 N–H and O–H groups in total. The summed E-state index contributed by atoms with van der Waals surface area (Å²) in [6.45, 7) is 2.03. The van der Waals surface area contributed by atoms with Crippen LogP contribution >= 0.6 is 0 Å². The SMILES string of the molecule is O=C(c1ncccn1)N1CCC2(CCCCCc3ccccc3OCCNC2=O)CC1. The Balaban J connectivity index is 1.40. The van der Waals surface area contributed by atoms with Crippen LogP contribution in [0.4, 0.5) is 0 Å². The number of amides is 2. The van der Waals surface area contributed by atoms with Crippen molar-refractivity contribution in [3.63, 3.8) is 0 Å². The van der Waals surface area contributed by atoms with Crippen molar-refractivity contribution in [1.29, 1.82) is 0 Å². The number of benzene rings is 1. The lowest BCUT2D eigenvalue weighted by Gasteiger charge is -2.40. The first kappa shape index (κ1) is 21.3. The van der Waals surface area contributed by atoms with Gasteiger partial charge in [0, 0.05) is 25.5 Å². The highest BCUT2D eigenvalue weighted by atomic mass is 16.5. The Bertz CT molecular complexity index is 895. The Morgan fingerprint density at radius 2 is 1.77 bits per heavy atom. The zero-order valence-corrected chi connectivity index (χ0v) is 17.9. The van der Waals surface area contributed by atoms with Crippen molar-refractivity contribution in [3.8, 4) is 5.75 Å². The predicted octanol–water partition coefficient (Wildman–Crippen LogP) is 3.01. The van der Waals surface area contributed by atoms with Crippen molar-refractivity contribution >= 4 is 11.8 Å².